The zero-order chi connectivity index (χ0) is 24.3. The molecular weight excluding hydrogens is 466 g/mol. The van der Waals surface area contributed by atoms with Gasteiger partial charge in [0.1, 0.15) is 0 Å². The predicted octanol–water partition coefficient (Wildman–Crippen LogP) is 4.05. The number of imide groups is 1. The summed E-state index contributed by atoms with van der Waals surface area (Å²) in [6, 6.07) is 10.6. The molecule has 2 aromatic rings. The molecule has 3 fully saturated rings. The number of benzene rings is 2. The van der Waals surface area contributed by atoms with Gasteiger partial charge in [-0.15, -0.1) is 0 Å². The molecule has 1 N–H and O–H groups in total. The normalized spacial score (nSPS) is 27.0. The minimum Gasteiger partial charge on any atom is -0.378 e. The number of hydrogen-bond acceptors (Lipinski definition) is 5. The number of fused-ring (bicyclic) bond motifs is 5. The monoisotopic (exact) mass is 491 g/mol. The summed E-state index contributed by atoms with van der Waals surface area (Å²) in [7, 11) is 0. The predicted molar refractivity (Wildman–Crippen MR) is 134 cm³/mol. The van der Waals surface area contributed by atoms with Gasteiger partial charge in [0, 0.05) is 29.5 Å². The Bertz CT molecular complexity index is 1240. The number of halogens is 1. The molecule has 6 rings (SSSR count). The molecule has 0 radical (unpaired) electrons. The van der Waals surface area contributed by atoms with E-state index in [9.17, 15) is 14.4 Å². The van der Waals surface area contributed by atoms with Crippen LogP contribution in [0.3, 0.4) is 0 Å². The minimum atomic E-state index is -0.325. The highest BCUT2D eigenvalue weighted by molar-refractivity contribution is 6.31. The Labute approximate surface area is 208 Å². The molecule has 0 aromatic heterocycles. The number of rotatable bonds is 4. The molecule has 180 valence electrons. The van der Waals surface area contributed by atoms with E-state index in [1.807, 2.05) is 19.1 Å². The number of carbonyl (C=O) groups is 3. The van der Waals surface area contributed by atoms with Crippen molar-refractivity contribution in [3.63, 3.8) is 0 Å². The van der Waals surface area contributed by atoms with E-state index in [2.05, 4.69) is 22.4 Å². The first-order valence-corrected chi connectivity index (χ1v) is 12.4. The van der Waals surface area contributed by atoms with E-state index >= 15 is 0 Å². The highest BCUT2D eigenvalue weighted by Crippen LogP contribution is 2.53. The number of nitrogens with zero attached hydrogens (tertiary/aromatic N) is 2. The first-order chi connectivity index (χ1) is 16.9. The smallest absolute Gasteiger partial charge is 0.257 e. The molecule has 3 amide bonds. The van der Waals surface area contributed by atoms with E-state index < -0.39 is 0 Å². The van der Waals surface area contributed by atoms with Crippen molar-refractivity contribution >= 4 is 46.4 Å². The second kappa shape index (κ2) is 8.50. The number of ether oxygens (including phenoxy) is 1. The molecule has 4 atom stereocenters. The van der Waals surface area contributed by atoms with Gasteiger partial charge < -0.3 is 15.0 Å². The summed E-state index contributed by atoms with van der Waals surface area (Å²) in [5, 5.41) is 3.49. The van der Waals surface area contributed by atoms with Gasteiger partial charge in [-0.05, 0) is 61.1 Å². The fourth-order valence-electron chi connectivity index (χ4n) is 5.95. The van der Waals surface area contributed by atoms with Crippen LogP contribution in [-0.2, 0) is 14.3 Å². The number of aryl methyl sites for hydroxylation is 1. The van der Waals surface area contributed by atoms with Crippen LogP contribution in [0.1, 0.15) is 22.3 Å². The van der Waals surface area contributed by atoms with Gasteiger partial charge >= 0.3 is 0 Å². The van der Waals surface area contributed by atoms with Crippen molar-refractivity contribution in [1.29, 1.82) is 0 Å². The van der Waals surface area contributed by atoms with Crippen LogP contribution in [0, 0.1) is 30.6 Å². The summed E-state index contributed by atoms with van der Waals surface area (Å²) < 4.78 is 5.48. The Morgan fingerprint density at radius 2 is 1.69 bits per heavy atom. The molecular formula is C27H26ClN3O4. The zero-order valence-electron chi connectivity index (χ0n) is 19.4. The van der Waals surface area contributed by atoms with Crippen molar-refractivity contribution in [2.75, 3.05) is 41.4 Å². The van der Waals surface area contributed by atoms with E-state index in [1.54, 1.807) is 24.3 Å². The van der Waals surface area contributed by atoms with Crippen molar-refractivity contribution in [3.8, 4) is 0 Å². The maximum Gasteiger partial charge on any atom is 0.257 e. The third-order valence-electron chi connectivity index (χ3n) is 7.73. The Kier molecular flexibility index (Phi) is 5.42. The van der Waals surface area contributed by atoms with E-state index in [1.165, 1.54) is 4.90 Å². The van der Waals surface area contributed by atoms with Gasteiger partial charge in [-0.2, -0.15) is 0 Å². The summed E-state index contributed by atoms with van der Waals surface area (Å²) in [6.07, 6.45) is 5.03. The van der Waals surface area contributed by atoms with E-state index in [0.717, 1.165) is 17.7 Å². The molecule has 2 aliphatic heterocycles. The number of carbonyl (C=O) groups excluding carboxylic acids is 3. The molecule has 8 heteroatoms. The Morgan fingerprint density at radius 3 is 2.34 bits per heavy atom. The number of amides is 3. The molecule has 4 aliphatic rings. The molecule has 2 saturated heterocycles. The first-order valence-electron chi connectivity index (χ1n) is 12.0. The molecule has 2 aliphatic carbocycles. The number of nitrogens with one attached hydrogen (secondary N) is 1. The van der Waals surface area contributed by atoms with Gasteiger partial charge in [0.25, 0.3) is 5.91 Å². The van der Waals surface area contributed by atoms with Crippen LogP contribution in [0.15, 0.2) is 48.6 Å². The summed E-state index contributed by atoms with van der Waals surface area (Å²) in [6.45, 7) is 4.33. The molecule has 2 aromatic carbocycles. The van der Waals surface area contributed by atoms with Crippen molar-refractivity contribution in [3.05, 3.63) is 64.7 Å². The lowest BCUT2D eigenvalue weighted by atomic mass is 9.85. The molecule has 7 nitrogen and oxygen atoms in total. The van der Waals surface area contributed by atoms with Crippen molar-refractivity contribution in [2.45, 2.75) is 13.3 Å². The molecule has 2 heterocycles. The van der Waals surface area contributed by atoms with Crippen LogP contribution in [0.4, 0.5) is 17.1 Å². The van der Waals surface area contributed by atoms with Crippen molar-refractivity contribution < 1.29 is 19.1 Å². The summed E-state index contributed by atoms with van der Waals surface area (Å²) in [4.78, 5) is 43.6. The van der Waals surface area contributed by atoms with Gasteiger partial charge in [0.05, 0.1) is 36.3 Å². The van der Waals surface area contributed by atoms with Crippen LogP contribution in [-0.4, -0.2) is 44.0 Å². The molecule has 1 saturated carbocycles. The average Bonchev–Trinajstić information content (AvgIpc) is 3.55. The standard InChI is InChI=1S/C27H26ClN3O4/c1-15-2-5-18(13-21(15)28)29-25(32)20-14-19(6-7-22(20)30-8-10-35-11-9-30)31-26(33)23-16-3-4-17(12-16)24(23)27(31)34/h2-7,13-14,16-17,23-24H,8-12H2,1H3,(H,29,32)/t16-,17-,23-,24-/m0/s1. The number of morpholine rings is 1. The third-order valence-corrected chi connectivity index (χ3v) is 8.14. The van der Waals surface area contributed by atoms with Gasteiger partial charge in [0.15, 0.2) is 0 Å². The second-order valence-corrected chi connectivity index (χ2v) is 10.1. The maximum atomic E-state index is 13.5. The topological polar surface area (TPSA) is 79.0 Å². The van der Waals surface area contributed by atoms with Gasteiger partial charge in [-0.3, -0.25) is 14.4 Å². The molecule has 0 unspecified atom stereocenters. The SMILES string of the molecule is Cc1ccc(NC(=O)c2cc(N3C(=O)[C@@H]4[C@@H](C3=O)[C@H]3C=C[C@H]4C3)ccc2N2CCOCC2)cc1Cl. The number of hydrogen-bond donors (Lipinski definition) is 1. The fourth-order valence-corrected chi connectivity index (χ4v) is 6.13. The Hall–Kier alpha value is -3.16. The molecule has 35 heavy (non-hydrogen) atoms. The zero-order valence-corrected chi connectivity index (χ0v) is 20.1. The lowest BCUT2D eigenvalue weighted by Gasteiger charge is -2.31. The first kappa shape index (κ1) is 22.3. The fraction of sp³-hybridized carbons (Fsp3) is 0.370. The molecule has 0 spiro atoms. The highest BCUT2D eigenvalue weighted by atomic mass is 35.5. The lowest BCUT2D eigenvalue weighted by molar-refractivity contribution is -0.123. The summed E-state index contributed by atoms with van der Waals surface area (Å²) in [5.74, 6) is -0.956. The van der Waals surface area contributed by atoms with E-state index in [4.69, 9.17) is 16.3 Å². The lowest BCUT2D eigenvalue weighted by Crippen LogP contribution is -2.38. The van der Waals surface area contributed by atoms with Crippen LogP contribution in [0.25, 0.3) is 0 Å². The van der Waals surface area contributed by atoms with Crippen LogP contribution >= 0.6 is 11.6 Å². The Balaban J connectivity index is 1.36. The van der Waals surface area contributed by atoms with E-state index in [0.29, 0.717) is 48.3 Å². The largest absolute Gasteiger partial charge is 0.378 e. The van der Waals surface area contributed by atoms with Crippen molar-refractivity contribution in [1.82, 2.24) is 0 Å². The summed E-state index contributed by atoms with van der Waals surface area (Å²) >= 11 is 6.25. The Morgan fingerprint density at radius 1 is 1.00 bits per heavy atom. The molecule has 2 bridgehead atoms. The minimum absolute atomic E-state index is 0.133. The quantitative estimate of drug-likeness (QED) is 0.515. The summed E-state index contributed by atoms with van der Waals surface area (Å²) in [5.41, 5.74) is 3.08. The van der Waals surface area contributed by atoms with Crippen molar-refractivity contribution in [2.24, 2.45) is 23.7 Å². The highest BCUT2D eigenvalue weighted by Gasteiger charge is 2.59. The van der Waals surface area contributed by atoms with E-state index in [-0.39, 0.29) is 41.4 Å². The van der Waals surface area contributed by atoms with Gasteiger partial charge in [-0.1, -0.05) is 29.8 Å². The van der Waals surface area contributed by atoms with Crippen LogP contribution in [0.5, 0.6) is 0 Å². The average molecular weight is 492 g/mol. The van der Waals surface area contributed by atoms with Crippen LogP contribution in [0.2, 0.25) is 5.02 Å². The van der Waals surface area contributed by atoms with Gasteiger partial charge in [-0.25, -0.2) is 4.90 Å². The maximum absolute atomic E-state index is 13.5. The third kappa shape index (κ3) is 3.65. The van der Waals surface area contributed by atoms with Crippen LogP contribution < -0.4 is 15.1 Å². The van der Waals surface area contributed by atoms with Gasteiger partial charge in [0.2, 0.25) is 11.8 Å². The number of allylic oxidation sites excluding steroid dienone is 2. The number of anilines is 3. The second-order valence-electron chi connectivity index (χ2n) is 9.73.